The van der Waals surface area contributed by atoms with Crippen molar-refractivity contribution in [2.24, 2.45) is 11.8 Å². The maximum absolute atomic E-state index is 9.12. The van der Waals surface area contributed by atoms with Gasteiger partial charge in [0.1, 0.15) is 17.2 Å². The predicted molar refractivity (Wildman–Crippen MR) is 279 cm³/mol. The van der Waals surface area contributed by atoms with E-state index in [1.807, 2.05) is 0 Å². The van der Waals surface area contributed by atoms with Crippen LogP contribution in [0.15, 0.2) is 72.8 Å². The lowest BCUT2D eigenvalue weighted by Gasteiger charge is -2.33. The van der Waals surface area contributed by atoms with Crippen molar-refractivity contribution in [3.63, 3.8) is 0 Å². The molecule has 10 nitrogen and oxygen atoms in total. The topological polar surface area (TPSA) is 112 Å². The Balaban J connectivity index is 0.000000161. The SMILES string of the molecule is C[Si](C)(C)I.Cc1cccc2cccc(N3Cc4nc(Cl)nc(N5CCC[C@@H](CC#N)C5)c4C3)c12.Cc1cccc2cccc(N3Cc4nc(Cl)nc(N5CCC[C@@H](CC#N)C5)c4C3)c12. The molecule has 0 unspecified atom stereocenters. The van der Waals surface area contributed by atoms with Crippen molar-refractivity contribution in [1.82, 2.24) is 19.9 Å². The maximum Gasteiger partial charge on any atom is 0.224 e. The molecule has 4 aliphatic rings. The molecule has 0 spiro atoms. The second kappa shape index (κ2) is 20.4. The number of aromatic nitrogens is 4. The van der Waals surface area contributed by atoms with Gasteiger partial charge in [0, 0.05) is 85.4 Å². The minimum absolute atomic E-state index is 0.308. The third-order valence-corrected chi connectivity index (χ3v) is 13.1. The van der Waals surface area contributed by atoms with Gasteiger partial charge in [0.25, 0.3) is 0 Å². The number of nitriles is 2. The molecule has 2 fully saturated rings. The van der Waals surface area contributed by atoms with Crippen LogP contribution < -0.4 is 19.6 Å². The largest absolute Gasteiger partial charge is 0.361 e. The number of nitrogens with zero attached hydrogens (tertiary/aromatic N) is 10. The summed E-state index contributed by atoms with van der Waals surface area (Å²) in [5.41, 5.74) is 8.73. The molecule has 65 heavy (non-hydrogen) atoms. The highest BCUT2D eigenvalue weighted by Crippen LogP contribution is 2.41. The number of hydrogen-bond acceptors (Lipinski definition) is 10. The second-order valence-corrected chi connectivity index (χ2v) is 33.3. The third kappa shape index (κ3) is 10.9. The zero-order valence-corrected chi connectivity index (χ0v) is 42.8. The van der Waals surface area contributed by atoms with Crippen LogP contribution in [0, 0.1) is 48.3 Å². The van der Waals surface area contributed by atoms with E-state index in [1.54, 1.807) is 0 Å². The van der Waals surface area contributed by atoms with Crippen LogP contribution >= 0.6 is 45.0 Å². The Bertz CT molecular complexity index is 2580. The molecule has 0 radical (unpaired) electrons. The van der Waals surface area contributed by atoms with Crippen molar-refractivity contribution in [2.45, 2.75) is 98.2 Å². The number of fused-ring (bicyclic) bond motifs is 4. The molecule has 2 atom stereocenters. The van der Waals surface area contributed by atoms with Crippen LogP contribution in [0.3, 0.4) is 0 Å². The molecular weight excluding hydrogens is 979 g/mol. The first-order chi connectivity index (χ1) is 31.3. The fraction of sp³-hybridized carbons (Fsp3) is 0.412. The van der Waals surface area contributed by atoms with E-state index in [0.29, 0.717) is 35.2 Å². The molecular formula is C51H57Cl2IN10Si. The van der Waals surface area contributed by atoms with Crippen molar-refractivity contribution < 1.29 is 0 Å². The summed E-state index contributed by atoms with van der Waals surface area (Å²) in [7, 11) is 0. The van der Waals surface area contributed by atoms with Gasteiger partial charge in [0.2, 0.25) is 10.6 Å². The van der Waals surface area contributed by atoms with Crippen LogP contribution in [-0.4, -0.2) is 51.7 Å². The molecule has 2 saturated heterocycles. The minimum atomic E-state index is -0.641. The summed E-state index contributed by atoms with van der Waals surface area (Å²) in [5.74, 6) is 2.69. The van der Waals surface area contributed by atoms with Crippen LogP contribution in [-0.2, 0) is 26.2 Å². The summed E-state index contributed by atoms with van der Waals surface area (Å²) in [6.45, 7) is 17.9. The fourth-order valence-corrected chi connectivity index (χ4v) is 10.3. The maximum atomic E-state index is 9.12. The van der Waals surface area contributed by atoms with Crippen molar-refractivity contribution in [2.75, 3.05) is 45.8 Å². The first kappa shape index (κ1) is 46.8. The molecule has 6 aromatic rings. The van der Waals surface area contributed by atoms with E-state index in [9.17, 15) is 0 Å². The van der Waals surface area contributed by atoms with Gasteiger partial charge in [-0.15, -0.1) is 21.8 Å². The van der Waals surface area contributed by atoms with Gasteiger partial charge in [-0.3, -0.25) is 0 Å². The number of rotatable bonds is 6. The van der Waals surface area contributed by atoms with Gasteiger partial charge in [-0.05, 0) is 109 Å². The molecule has 2 aromatic heterocycles. The smallest absolute Gasteiger partial charge is 0.224 e. The Labute approximate surface area is 407 Å². The summed E-state index contributed by atoms with van der Waals surface area (Å²) < 4.78 is 0. The third-order valence-electron chi connectivity index (χ3n) is 12.7. The average molecular weight is 1040 g/mol. The molecule has 10 rings (SSSR count). The molecule has 0 aliphatic carbocycles. The van der Waals surface area contributed by atoms with Gasteiger partial charge in [-0.2, -0.15) is 10.5 Å². The molecule has 4 aliphatic heterocycles. The van der Waals surface area contributed by atoms with Crippen molar-refractivity contribution in [1.29, 1.82) is 10.5 Å². The first-order valence-electron chi connectivity index (χ1n) is 22.8. The highest BCUT2D eigenvalue weighted by Gasteiger charge is 2.33. The summed E-state index contributed by atoms with van der Waals surface area (Å²) >= 11 is 15.2. The van der Waals surface area contributed by atoms with E-state index in [-0.39, 0.29) is 0 Å². The van der Waals surface area contributed by atoms with Crippen molar-refractivity contribution in [3.8, 4) is 12.1 Å². The van der Waals surface area contributed by atoms with E-state index in [2.05, 4.69) is 180 Å². The number of halogens is 3. The van der Waals surface area contributed by atoms with Gasteiger partial charge < -0.3 is 19.6 Å². The standard InChI is InChI=1S/2C24H24ClN5.C3H9ISi/c2*1-16-5-2-7-18-8-3-9-21(22(16)18)30-14-19-20(15-30)27-24(25)28-23(19)29-12-4-6-17(13-29)10-11-26;1-5(2,3)4/h2*2-3,5,7-9,17H,4,6,10,12-15H2,1H3;1-3H3/t2*17-;/m00./s1. The minimum Gasteiger partial charge on any atom is -0.361 e. The lowest BCUT2D eigenvalue weighted by Crippen LogP contribution is -2.36. The predicted octanol–water partition coefficient (Wildman–Crippen LogP) is 12.7. The van der Waals surface area contributed by atoms with Crippen LogP contribution in [0.1, 0.15) is 72.2 Å². The number of piperidine rings is 2. The molecule has 14 heteroatoms. The molecule has 0 saturated carbocycles. The van der Waals surface area contributed by atoms with Crippen molar-refractivity contribution in [3.05, 3.63) is 117 Å². The average Bonchev–Trinajstić information content (AvgIpc) is 3.91. The van der Waals surface area contributed by atoms with E-state index in [1.165, 1.54) is 55.2 Å². The lowest BCUT2D eigenvalue weighted by molar-refractivity contribution is 0.419. The number of anilines is 4. The Hall–Kier alpha value is -4.73. The van der Waals surface area contributed by atoms with Crippen LogP contribution in [0.4, 0.5) is 23.0 Å². The van der Waals surface area contributed by atoms with Crippen molar-refractivity contribution >= 4 is 95.1 Å². The monoisotopic (exact) mass is 1030 g/mol. The van der Waals surface area contributed by atoms with Gasteiger partial charge in [-0.25, -0.2) is 19.9 Å². The Morgan fingerprint density at radius 3 is 1.37 bits per heavy atom. The van der Waals surface area contributed by atoms with Gasteiger partial charge in [-0.1, -0.05) is 80.3 Å². The number of hydrogen-bond donors (Lipinski definition) is 0. The van der Waals surface area contributed by atoms with E-state index >= 15 is 0 Å². The molecule has 336 valence electrons. The second-order valence-electron chi connectivity index (χ2n) is 18.8. The molecule has 0 amide bonds. The lowest BCUT2D eigenvalue weighted by atomic mass is 9.95. The van der Waals surface area contributed by atoms with Gasteiger partial charge in [0.05, 0.1) is 36.6 Å². The highest BCUT2D eigenvalue weighted by molar-refractivity contribution is 14.1. The summed E-state index contributed by atoms with van der Waals surface area (Å²) in [5, 5.41) is 23.9. The summed E-state index contributed by atoms with van der Waals surface area (Å²) in [6.07, 6.45) is 5.56. The fourth-order valence-electron chi connectivity index (χ4n) is 9.92. The normalized spacial score (nSPS) is 18.0. The zero-order chi connectivity index (χ0) is 45.8. The summed E-state index contributed by atoms with van der Waals surface area (Å²) in [6, 6.07) is 30.5. The molecule has 0 N–H and O–H groups in total. The van der Waals surface area contributed by atoms with E-state index in [0.717, 1.165) is 101 Å². The molecule has 0 bridgehead atoms. The first-order valence-corrected chi connectivity index (χ1v) is 30.1. The Kier molecular flexibility index (Phi) is 14.7. The van der Waals surface area contributed by atoms with Crippen LogP contribution in [0.2, 0.25) is 30.2 Å². The number of benzene rings is 4. The zero-order valence-electron chi connectivity index (χ0n) is 38.1. The van der Waals surface area contributed by atoms with E-state index in [4.69, 9.17) is 33.7 Å². The summed E-state index contributed by atoms with van der Waals surface area (Å²) in [4.78, 5) is 27.8. The number of aryl methyl sites for hydroxylation is 2. The molecule has 6 heterocycles. The van der Waals surface area contributed by atoms with Gasteiger partial charge in [0.15, 0.2) is 0 Å². The Morgan fingerprint density at radius 2 is 0.985 bits per heavy atom. The van der Waals surface area contributed by atoms with Crippen LogP contribution in [0.25, 0.3) is 21.5 Å². The Morgan fingerprint density at radius 1 is 0.600 bits per heavy atom. The highest BCUT2D eigenvalue weighted by atomic mass is 127. The quantitative estimate of drug-likeness (QED) is 0.0692. The van der Waals surface area contributed by atoms with Crippen LogP contribution in [0.5, 0.6) is 0 Å². The van der Waals surface area contributed by atoms with E-state index < -0.39 is 5.57 Å². The van der Waals surface area contributed by atoms with Gasteiger partial charge >= 0.3 is 0 Å². The molecule has 4 aromatic carbocycles.